The standard InChI is InChI=1S/C27H26F4N6O2/c1-16-23(36(14-18-3-4-18)35-25(16)19-5-7-20(28)8-6-19)11-21-12-24(33-15-32-21)37-17(2)22(13-34-37)26(27(29,30)31)38-9-10-39-26/h5-8,12-13,15,18H,3-4,9-11,14H2,1-2H3. The Balaban J connectivity index is 1.34. The summed E-state index contributed by atoms with van der Waals surface area (Å²) in [4.78, 5) is 8.70. The summed E-state index contributed by atoms with van der Waals surface area (Å²) in [7, 11) is 0. The molecule has 204 valence electrons. The molecule has 8 nitrogen and oxygen atoms in total. The first-order valence-corrected chi connectivity index (χ1v) is 12.7. The number of nitrogens with zero attached hydrogens (tertiary/aromatic N) is 6. The summed E-state index contributed by atoms with van der Waals surface area (Å²) < 4.78 is 68.9. The molecule has 6 rings (SSSR count). The maximum Gasteiger partial charge on any atom is 0.448 e. The molecule has 0 spiro atoms. The number of alkyl halides is 3. The van der Waals surface area contributed by atoms with E-state index >= 15 is 0 Å². The Morgan fingerprint density at radius 2 is 1.77 bits per heavy atom. The third-order valence-corrected chi connectivity index (χ3v) is 7.27. The van der Waals surface area contributed by atoms with Gasteiger partial charge in [0.15, 0.2) is 5.82 Å². The van der Waals surface area contributed by atoms with Gasteiger partial charge in [-0.1, -0.05) is 0 Å². The molecule has 0 N–H and O–H groups in total. The Kier molecular flexibility index (Phi) is 6.26. The molecule has 12 heteroatoms. The first-order valence-electron chi connectivity index (χ1n) is 12.7. The van der Waals surface area contributed by atoms with Crippen LogP contribution in [-0.4, -0.2) is 48.9 Å². The maximum absolute atomic E-state index is 14.0. The SMILES string of the molecule is Cc1c(-c2ccc(F)cc2)nn(CC2CC2)c1Cc1cc(-n2ncc(C3(C(F)(F)F)OCCO3)c2C)ncn1. The van der Waals surface area contributed by atoms with Crippen molar-refractivity contribution in [2.75, 3.05) is 13.2 Å². The zero-order valence-electron chi connectivity index (χ0n) is 21.4. The molecular weight excluding hydrogens is 516 g/mol. The van der Waals surface area contributed by atoms with Gasteiger partial charge in [-0.05, 0) is 62.4 Å². The minimum atomic E-state index is -4.78. The van der Waals surface area contributed by atoms with Crippen LogP contribution in [-0.2, 0) is 28.2 Å². The van der Waals surface area contributed by atoms with Gasteiger partial charge in [0, 0.05) is 30.3 Å². The zero-order valence-corrected chi connectivity index (χ0v) is 21.4. The first-order chi connectivity index (χ1) is 18.7. The lowest BCUT2D eigenvalue weighted by molar-refractivity contribution is -0.353. The molecule has 2 aliphatic rings. The van der Waals surface area contributed by atoms with Crippen molar-refractivity contribution in [3.05, 3.63) is 76.9 Å². The summed E-state index contributed by atoms with van der Waals surface area (Å²) in [6.45, 7) is 3.93. The van der Waals surface area contributed by atoms with E-state index in [-0.39, 0.29) is 30.3 Å². The van der Waals surface area contributed by atoms with Gasteiger partial charge in [0.1, 0.15) is 12.1 Å². The number of ether oxygens (including phenoxy) is 2. The number of hydrogen-bond acceptors (Lipinski definition) is 6. The third kappa shape index (κ3) is 4.61. The van der Waals surface area contributed by atoms with Crippen LogP contribution in [0.2, 0.25) is 0 Å². The van der Waals surface area contributed by atoms with E-state index in [1.807, 2.05) is 11.6 Å². The molecule has 0 unspecified atom stereocenters. The van der Waals surface area contributed by atoms with Gasteiger partial charge >= 0.3 is 6.18 Å². The van der Waals surface area contributed by atoms with Gasteiger partial charge in [0.05, 0.1) is 42.1 Å². The minimum Gasteiger partial charge on any atom is -0.336 e. The van der Waals surface area contributed by atoms with Crippen LogP contribution < -0.4 is 0 Å². The zero-order chi connectivity index (χ0) is 27.4. The topological polar surface area (TPSA) is 79.9 Å². The number of rotatable bonds is 7. The average Bonchev–Trinajstić information content (AvgIpc) is 3.28. The normalized spacial score (nSPS) is 17.2. The molecule has 1 aliphatic carbocycles. The highest BCUT2D eigenvalue weighted by molar-refractivity contribution is 5.64. The van der Waals surface area contributed by atoms with Crippen LogP contribution in [0.3, 0.4) is 0 Å². The van der Waals surface area contributed by atoms with E-state index in [9.17, 15) is 17.6 Å². The van der Waals surface area contributed by atoms with Crippen LogP contribution in [0.5, 0.6) is 0 Å². The molecule has 2 fully saturated rings. The summed E-state index contributed by atoms with van der Waals surface area (Å²) in [5, 5.41) is 9.05. The Bertz CT molecular complexity index is 1500. The molecule has 4 aromatic rings. The number of halogens is 4. The smallest absolute Gasteiger partial charge is 0.336 e. The van der Waals surface area contributed by atoms with E-state index in [2.05, 4.69) is 15.1 Å². The third-order valence-electron chi connectivity index (χ3n) is 7.27. The second-order valence-electron chi connectivity index (χ2n) is 9.96. The van der Waals surface area contributed by atoms with Crippen LogP contribution in [0.15, 0.2) is 42.9 Å². The second-order valence-corrected chi connectivity index (χ2v) is 9.96. The first kappa shape index (κ1) is 25.6. The van der Waals surface area contributed by atoms with Crippen LogP contribution in [0, 0.1) is 25.6 Å². The predicted molar refractivity (Wildman–Crippen MR) is 131 cm³/mol. The fraction of sp³-hybridized carbons (Fsp3) is 0.407. The molecule has 39 heavy (non-hydrogen) atoms. The van der Waals surface area contributed by atoms with Crippen LogP contribution in [0.25, 0.3) is 17.1 Å². The lowest BCUT2D eigenvalue weighted by Gasteiger charge is -2.29. The molecule has 3 aromatic heterocycles. The summed E-state index contributed by atoms with van der Waals surface area (Å²) in [5.41, 5.74) is 4.17. The molecule has 0 radical (unpaired) electrons. The fourth-order valence-corrected chi connectivity index (χ4v) is 5.01. The average molecular weight is 543 g/mol. The Morgan fingerprint density at radius 1 is 1.05 bits per heavy atom. The Morgan fingerprint density at radius 3 is 2.44 bits per heavy atom. The van der Waals surface area contributed by atoms with Gasteiger partial charge in [0.25, 0.3) is 5.79 Å². The fourth-order valence-electron chi connectivity index (χ4n) is 5.01. The van der Waals surface area contributed by atoms with Gasteiger partial charge in [-0.15, -0.1) is 0 Å². The van der Waals surface area contributed by atoms with Gasteiger partial charge in [-0.25, -0.2) is 19.0 Å². The van der Waals surface area contributed by atoms with Crippen LogP contribution in [0.1, 0.15) is 41.1 Å². The van der Waals surface area contributed by atoms with Crippen molar-refractivity contribution in [3.63, 3.8) is 0 Å². The van der Waals surface area contributed by atoms with Crippen molar-refractivity contribution >= 4 is 0 Å². The van der Waals surface area contributed by atoms with Crippen LogP contribution >= 0.6 is 0 Å². The van der Waals surface area contributed by atoms with Gasteiger partial charge in [-0.3, -0.25) is 4.68 Å². The predicted octanol–water partition coefficient (Wildman–Crippen LogP) is 5.04. The number of aromatic nitrogens is 6. The van der Waals surface area contributed by atoms with Gasteiger partial charge in [0.2, 0.25) is 0 Å². The van der Waals surface area contributed by atoms with Crippen molar-refractivity contribution in [1.29, 1.82) is 0 Å². The molecule has 0 bridgehead atoms. The van der Waals surface area contributed by atoms with Gasteiger partial charge < -0.3 is 9.47 Å². The molecule has 0 amide bonds. The highest BCUT2D eigenvalue weighted by Gasteiger charge is 2.62. The second kappa shape index (κ2) is 9.53. The minimum absolute atomic E-state index is 0.171. The quantitative estimate of drug-likeness (QED) is 0.305. The molecule has 1 saturated heterocycles. The van der Waals surface area contributed by atoms with Crippen molar-refractivity contribution in [2.24, 2.45) is 5.92 Å². The molecule has 1 aromatic carbocycles. The molecular formula is C27H26F4N6O2. The van der Waals surface area contributed by atoms with E-state index < -0.39 is 12.0 Å². The lowest BCUT2D eigenvalue weighted by Crippen LogP contribution is -2.43. The van der Waals surface area contributed by atoms with E-state index in [0.717, 1.165) is 48.1 Å². The van der Waals surface area contributed by atoms with Gasteiger partial charge in [-0.2, -0.15) is 23.4 Å². The largest absolute Gasteiger partial charge is 0.448 e. The van der Waals surface area contributed by atoms with Crippen LogP contribution in [0.4, 0.5) is 17.6 Å². The molecule has 1 aliphatic heterocycles. The summed E-state index contributed by atoms with van der Waals surface area (Å²) in [6.07, 6.45) is 0.420. The number of benzene rings is 1. The summed E-state index contributed by atoms with van der Waals surface area (Å²) in [5.74, 6) is -2.28. The highest BCUT2D eigenvalue weighted by Crippen LogP contribution is 2.46. The Labute approximate surface area is 221 Å². The molecule has 1 saturated carbocycles. The van der Waals surface area contributed by atoms with Crippen molar-refractivity contribution < 1.29 is 27.0 Å². The number of hydrogen-bond donors (Lipinski definition) is 0. The monoisotopic (exact) mass is 542 g/mol. The summed E-state index contributed by atoms with van der Waals surface area (Å²) in [6, 6.07) is 7.95. The van der Waals surface area contributed by atoms with Crippen molar-refractivity contribution in [1.82, 2.24) is 29.5 Å². The Hall–Kier alpha value is -3.64. The van der Waals surface area contributed by atoms with E-state index in [1.165, 1.54) is 30.1 Å². The van der Waals surface area contributed by atoms with E-state index in [0.29, 0.717) is 23.9 Å². The van der Waals surface area contributed by atoms with Crippen molar-refractivity contribution in [3.8, 4) is 17.1 Å². The maximum atomic E-state index is 14.0. The molecule has 0 atom stereocenters. The van der Waals surface area contributed by atoms with E-state index in [1.54, 1.807) is 18.2 Å². The van der Waals surface area contributed by atoms with E-state index in [4.69, 9.17) is 14.6 Å². The highest BCUT2D eigenvalue weighted by atomic mass is 19.4. The lowest BCUT2D eigenvalue weighted by atomic mass is 10.0. The molecule has 4 heterocycles. The van der Waals surface area contributed by atoms with Crippen molar-refractivity contribution in [2.45, 2.75) is 51.6 Å². The summed E-state index contributed by atoms with van der Waals surface area (Å²) >= 11 is 0.